The molecule has 0 aromatic heterocycles. The Labute approximate surface area is 133 Å². The van der Waals surface area contributed by atoms with Crippen LogP contribution in [0.3, 0.4) is 0 Å². The summed E-state index contributed by atoms with van der Waals surface area (Å²) in [6.07, 6.45) is 2.06. The normalized spacial score (nSPS) is 19.4. The van der Waals surface area contributed by atoms with Crippen LogP contribution in [-0.2, 0) is 14.9 Å². The van der Waals surface area contributed by atoms with E-state index in [0.29, 0.717) is 6.04 Å². The highest BCUT2D eigenvalue weighted by Gasteiger charge is 2.34. The molecular weight excluding hydrogens is 286 g/mol. The van der Waals surface area contributed by atoms with Crippen LogP contribution in [-0.4, -0.2) is 39.0 Å². The fraction of sp³-hybridized carbons (Fsp3) is 0.647. The van der Waals surface area contributed by atoms with Crippen molar-refractivity contribution in [1.29, 1.82) is 0 Å². The zero-order chi connectivity index (χ0) is 15.1. The first-order chi connectivity index (χ1) is 10.2. The van der Waals surface area contributed by atoms with Gasteiger partial charge < -0.3 is 14.8 Å². The molecule has 1 aliphatic heterocycles. The molecule has 1 heterocycles. The molecule has 1 atom stereocenters. The lowest BCUT2D eigenvalue weighted by molar-refractivity contribution is 0.0468. The topological polar surface area (TPSA) is 30.5 Å². The second-order valence-corrected chi connectivity index (χ2v) is 6.28. The fourth-order valence-corrected chi connectivity index (χ4v) is 3.06. The van der Waals surface area contributed by atoms with Crippen molar-refractivity contribution < 1.29 is 9.47 Å². The van der Waals surface area contributed by atoms with Crippen molar-refractivity contribution in [3.05, 3.63) is 34.9 Å². The first-order valence-corrected chi connectivity index (χ1v) is 8.19. The summed E-state index contributed by atoms with van der Waals surface area (Å²) in [5.74, 6) is 0. The van der Waals surface area contributed by atoms with Gasteiger partial charge in [-0.15, -0.1) is 0 Å². The van der Waals surface area contributed by atoms with Gasteiger partial charge in [-0.1, -0.05) is 23.7 Å². The molecule has 0 saturated carbocycles. The maximum absolute atomic E-state index is 6.19. The Hall–Kier alpha value is -0.610. The molecule has 0 amide bonds. The summed E-state index contributed by atoms with van der Waals surface area (Å²) >= 11 is 6.19. The second-order valence-electron chi connectivity index (χ2n) is 5.84. The van der Waals surface area contributed by atoms with Crippen LogP contribution in [0.25, 0.3) is 0 Å². The molecule has 1 N–H and O–H groups in total. The van der Waals surface area contributed by atoms with Gasteiger partial charge in [0.25, 0.3) is 0 Å². The lowest BCUT2D eigenvalue weighted by Crippen LogP contribution is -2.46. The van der Waals surface area contributed by atoms with Gasteiger partial charge in [0.15, 0.2) is 0 Å². The predicted octanol–water partition coefficient (Wildman–Crippen LogP) is 3.40. The van der Waals surface area contributed by atoms with Gasteiger partial charge in [-0.3, -0.25) is 0 Å². The minimum Gasteiger partial charge on any atom is -0.381 e. The van der Waals surface area contributed by atoms with Crippen molar-refractivity contribution >= 4 is 11.6 Å². The average Bonchev–Trinajstić information content (AvgIpc) is 2.52. The Kier molecular flexibility index (Phi) is 6.49. The Balaban J connectivity index is 2.06. The lowest BCUT2D eigenvalue weighted by atomic mass is 9.74. The number of rotatable bonds is 7. The summed E-state index contributed by atoms with van der Waals surface area (Å²) in [5.41, 5.74) is 1.43. The highest BCUT2D eigenvalue weighted by Crippen LogP contribution is 2.35. The van der Waals surface area contributed by atoms with Crippen LogP contribution in [0.5, 0.6) is 0 Å². The van der Waals surface area contributed by atoms with Crippen LogP contribution in [0.4, 0.5) is 0 Å². The fourth-order valence-electron chi connectivity index (χ4n) is 2.87. The van der Waals surface area contributed by atoms with E-state index in [1.54, 1.807) is 0 Å². The number of hydrogen-bond acceptors (Lipinski definition) is 3. The largest absolute Gasteiger partial charge is 0.381 e. The molecule has 1 aliphatic rings. The van der Waals surface area contributed by atoms with E-state index in [-0.39, 0.29) is 5.41 Å². The molecule has 2 rings (SSSR count). The summed E-state index contributed by atoms with van der Waals surface area (Å²) in [6.45, 7) is 8.27. The SMILES string of the molecule is CCOC[C@H](C)NCC1(c2cccc(Cl)c2)CCOCC1. The average molecular weight is 312 g/mol. The number of hydrogen-bond donors (Lipinski definition) is 1. The molecule has 3 nitrogen and oxygen atoms in total. The van der Waals surface area contributed by atoms with Gasteiger partial charge in [0.05, 0.1) is 6.61 Å². The van der Waals surface area contributed by atoms with Crippen LogP contribution >= 0.6 is 11.6 Å². The van der Waals surface area contributed by atoms with Crippen LogP contribution in [0.2, 0.25) is 5.02 Å². The summed E-state index contributed by atoms with van der Waals surface area (Å²) in [4.78, 5) is 0. The molecule has 1 aromatic carbocycles. The lowest BCUT2D eigenvalue weighted by Gasteiger charge is -2.39. The van der Waals surface area contributed by atoms with Gasteiger partial charge in [-0.05, 0) is 44.4 Å². The van der Waals surface area contributed by atoms with Gasteiger partial charge in [0.1, 0.15) is 0 Å². The van der Waals surface area contributed by atoms with Gasteiger partial charge in [-0.2, -0.15) is 0 Å². The molecule has 1 fully saturated rings. The molecule has 4 heteroatoms. The molecule has 0 aliphatic carbocycles. The van der Waals surface area contributed by atoms with Crippen molar-refractivity contribution in [3.63, 3.8) is 0 Å². The van der Waals surface area contributed by atoms with Crippen molar-refractivity contribution in [3.8, 4) is 0 Å². The Morgan fingerprint density at radius 3 is 2.81 bits per heavy atom. The van der Waals surface area contributed by atoms with Crippen molar-refractivity contribution in [2.45, 2.75) is 38.1 Å². The van der Waals surface area contributed by atoms with Gasteiger partial charge in [-0.25, -0.2) is 0 Å². The van der Waals surface area contributed by atoms with Crippen LogP contribution < -0.4 is 5.32 Å². The maximum atomic E-state index is 6.19. The Morgan fingerprint density at radius 1 is 1.38 bits per heavy atom. The third kappa shape index (κ3) is 4.68. The van der Waals surface area contributed by atoms with Crippen LogP contribution in [0, 0.1) is 0 Å². The first kappa shape index (κ1) is 16.8. The standard InChI is InChI=1S/C17H26ClNO2/c1-3-20-12-14(2)19-13-17(7-9-21-10-8-17)15-5-4-6-16(18)11-15/h4-6,11,14,19H,3,7-10,12-13H2,1-2H3/t14-/m0/s1. The van der Waals surface area contributed by atoms with Crippen molar-refractivity contribution in [2.24, 2.45) is 0 Å². The maximum Gasteiger partial charge on any atom is 0.0616 e. The van der Waals surface area contributed by atoms with Gasteiger partial charge in [0.2, 0.25) is 0 Å². The number of nitrogens with one attached hydrogen (secondary N) is 1. The van der Waals surface area contributed by atoms with E-state index in [9.17, 15) is 0 Å². The van der Waals surface area contributed by atoms with Crippen molar-refractivity contribution in [2.75, 3.05) is 33.0 Å². The zero-order valence-electron chi connectivity index (χ0n) is 13.0. The van der Waals surface area contributed by atoms with Crippen molar-refractivity contribution in [1.82, 2.24) is 5.32 Å². The molecule has 0 unspecified atom stereocenters. The second kappa shape index (κ2) is 8.14. The highest BCUT2D eigenvalue weighted by molar-refractivity contribution is 6.30. The third-order valence-electron chi connectivity index (χ3n) is 4.25. The van der Waals surface area contributed by atoms with E-state index in [4.69, 9.17) is 21.1 Å². The number of ether oxygens (including phenoxy) is 2. The van der Waals surface area contributed by atoms with E-state index in [0.717, 1.165) is 50.8 Å². The smallest absolute Gasteiger partial charge is 0.0616 e. The van der Waals surface area contributed by atoms with Crippen LogP contribution in [0.1, 0.15) is 32.3 Å². The predicted molar refractivity (Wildman–Crippen MR) is 87.1 cm³/mol. The monoisotopic (exact) mass is 311 g/mol. The summed E-state index contributed by atoms with van der Waals surface area (Å²) in [7, 11) is 0. The summed E-state index contributed by atoms with van der Waals surface area (Å²) < 4.78 is 11.0. The molecular formula is C17H26ClNO2. The minimum absolute atomic E-state index is 0.115. The summed E-state index contributed by atoms with van der Waals surface area (Å²) in [6, 6.07) is 8.61. The molecule has 0 spiro atoms. The van der Waals surface area contributed by atoms with E-state index in [1.165, 1.54) is 5.56 Å². The van der Waals surface area contributed by atoms with Gasteiger partial charge >= 0.3 is 0 Å². The summed E-state index contributed by atoms with van der Waals surface area (Å²) in [5, 5.41) is 4.43. The molecule has 0 radical (unpaired) electrons. The van der Waals surface area contributed by atoms with Gasteiger partial charge in [0, 0.05) is 42.8 Å². The Bertz CT molecular complexity index is 433. The molecule has 1 saturated heterocycles. The van der Waals surface area contributed by atoms with E-state index in [2.05, 4.69) is 24.4 Å². The van der Waals surface area contributed by atoms with E-state index >= 15 is 0 Å². The molecule has 118 valence electrons. The molecule has 1 aromatic rings. The first-order valence-electron chi connectivity index (χ1n) is 7.81. The van der Waals surface area contributed by atoms with E-state index < -0.39 is 0 Å². The quantitative estimate of drug-likeness (QED) is 0.837. The number of halogens is 1. The minimum atomic E-state index is 0.115. The highest BCUT2D eigenvalue weighted by atomic mass is 35.5. The van der Waals surface area contributed by atoms with E-state index in [1.807, 2.05) is 19.1 Å². The zero-order valence-corrected chi connectivity index (χ0v) is 13.8. The van der Waals surface area contributed by atoms with Crippen LogP contribution in [0.15, 0.2) is 24.3 Å². The number of benzene rings is 1. The Morgan fingerprint density at radius 2 is 2.14 bits per heavy atom. The third-order valence-corrected chi connectivity index (χ3v) is 4.48. The molecule has 0 bridgehead atoms. The molecule has 21 heavy (non-hydrogen) atoms.